The summed E-state index contributed by atoms with van der Waals surface area (Å²) in [5.74, 6) is 1.54. The van der Waals surface area contributed by atoms with Gasteiger partial charge in [0.1, 0.15) is 0 Å². The molecule has 2 aromatic rings. The first-order valence-corrected chi connectivity index (χ1v) is 7.50. The molecular formula is C13H18ClN7. The van der Waals surface area contributed by atoms with Crippen LogP contribution in [0.5, 0.6) is 0 Å². The van der Waals surface area contributed by atoms with Crippen LogP contribution in [0.4, 0.5) is 5.95 Å². The molecule has 112 valence electrons. The molecule has 3 rings (SSSR count). The molecular weight excluding hydrogens is 290 g/mol. The average Bonchev–Trinajstić information content (AvgIpc) is 3.16. The van der Waals surface area contributed by atoms with Gasteiger partial charge in [0.15, 0.2) is 0 Å². The summed E-state index contributed by atoms with van der Waals surface area (Å²) < 4.78 is 1.56. The Morgan fingerprint density at radius 3 is 3.00 bits per heavy atom. The summed E-state index contributed by atoms with van der Waals surface area (Å²) >= 11 is 5.96. The normalized spacial score (nSPS) is 19.0. The Morgan fingerprint density at radius 1 is 1.38 bits per heavy atom. The highest BCUT2D eigenvalue weighted by molar-refractivity contribution is 6.28. The first-order chi connectivity index (χ1) is 10.2. The fourth-order valence-electron chi connectivity index (χ4n) is 2.51. The summed E-state index contributed by atoms with van der Waals surface area (Å²) in [4.78, 5) is 15.0. The van der Waals surface area contributed by atoms with Crippen molar-refractivity contribution in [3.8, 4) is 5.95 Å². The Labute approximate surface area is 128 Å². The maximum Gasteiger partial charge on any atom is 0.256 e. The third-order valence-corrected chi connectivity index (χ3v) is 3.84. The SMILES string of the molecule is CCN1CCC(CNc2nc(Cl)nc(-n3cccn3)n2)C1. The van der Waals surface area contributed by atoms with Gasteiger partial charge in [-0.25, -0.2) is 4.68 Å². The van der Waals surface area contributed by atoms with Crippen LogP contribution in [-0.2, 0) is 0 Å². The molecule has 1 atom stereocenters. The van der Waals surface area contributed by atoms with Crippen molar-refractivity contribution in [1.29, 1.82) is 0 Å². The molecule has 7 nitrogen and oxygen atoms in total. The molecule has 0 saturated carbocycles. The minimum absolute atomic E-state index is 0.166. The predicted molar refractivity (Wildman–Crippen MR) is 80.7 cm³/mol. The highest BCUT2D eigenvalue weighted by Crippen LogP contribution is 2.16. The van der Waals surface area contributed by atoms with Crippen molar-refractivity contribution in [2.45, 2.75) is 13.3 Å². The van der Waals surface area contributed by atoms with Gasteiger partial charge in [-0.2, -0.15) is 20.1 Å². The molecule has 0 aliphatic carbocycles. The van der Waals surface area contributed by atoms with Crippen LogP contribution in [0.25, 0.3) is 5.95 Å². The quantitative estimate of drug-likeness (QED) is 0.902. The van der Waals surface area contributed by atoms with Crippen LogP contribution in [-0.4, -0.2) is 55.8 Å². The van der Waals surface area contributed by atoms with Gasteiger partial charge in [0.2, 0.25) is 11.2 Å². The maximum atomic E-state index is 5.96. The van der Waals surface area contributed by atoms with Crippen molar-refractivity contribution in [3.05, 3.63) is 23.7 Å². The highest BCUT2D eigenvalue weighted by atomic mass is 35.5. The predicted octanol–water partition coefficient (Wildman–Crippen LogP) is 1.46. The zero-order valence-corrected chi connectivity index (χ0v) is 12.7. The Balaban J connectivity index is 1.66. The number of hydrogen-bond donors (Lipinski definition) is 1. The third-order valence-electron chi connectivity index (χ3n) is 3.67. The fourth-order valence-corrected chi connectivity index (χ4v) is 2.67. The van der Waals surface area contributed by atoms with Crippen LogP contribution in [0.1, 0.15) is 13.3 Å². The van der Waals surface area contributed by atoms with E-state index in [4.69, 9.17) is 11.6 Å². The van der Waals surface area contributed by atoms with E-state index in [1.54, 1.807) is 17.1 Å². The number of anilines is 1. The molecule has 21 heavy (non-hydrogen) atoms. The van der Waals surface area contributed by atoms with Crippen LogP contribution in [0.3, 0.4) is 0 Å². The van der Waals surface area contributed by atoms with Crippen molar-refractivity contribution in [1.82, 2.24) is 29.6 Å². The van der Waals surface area contributed by atoms with Gasteiger partial charge in [0, 0.05) is 25.5 Å². The van der Waals surface area contributed by atoms with Crippen molar-refractivity contribution >= 4 is 17.5 Å². The van der Waals surface area contributed by atoms with Gasteiger partial charge < -0.3 is 10.2 Å². The Morgan fingerprint density at radius 2 is 2.29 bits per heavy atom. The standard InChI is InChI=1S/C13H18ClN7/c1-2-20-7-4-10(9-20)8-15-12-17-11(14)18-13(19-12)21-6-3-5-16-21/h3,5-6,10H,2,4,7-9H2,1H3,(H,15,17,18,19). The molecule has 0 amide bonds. The van der Waals surface area contributed by atoms with E-state index in [1.807, 2.05) is 6.07 Å². The van der Waals surface area contributed by atoms with E-state index in [0.717, 1.165) is 19.6 Å². The smallest absolute Gasteiger partial charge is 0.256 e. The molecule has 0 bridgehead atoms. The van der Waals surface area contributed by atoms with Crippen molar-refractivity contribution in [2.24, 2.45) is 5.92 Å². The molecule has 2 aromatic heterocycles. The molecule has 0 spiro atoms. The molecule has 1 N–H and O–H groups in total. The van der Waals surface area contributed by atoms with Gasteiger partial charge in [0.25, 0.3) is 5.95 Å². The number of hydrogen-bond acceptors (Lipinski definition) is 6. The largest absolute Gasteiger partial charge is 0.354 e. The van der Waals surface area contributed by atoms with Gasteiger partial charge in [-0.1, -0.05) is 6.92 Å². The molecule has 1 aliphatic rings. The molecule has 0 radical (unpaired) electrons. The lowest BCUT2D eigenvalue weighted by Gasteiger charge is -2.13. The summed E-state index contributed by atoms with van der Waals surface area (Å²) in [5.41, 5.74) is 0. The molecule has 1 aliphatic heterocycles. The number of nitrogens with zero attached hydrogens (tertiary/aromatic N) is 6. The summed E-state index contributed by atoms with van der Waals surface area (Å²) in [5, 5.41) is 7.52. The van der Waals surface area contributed by atoms with Crippen molar-refractivity contribution in [2.75, 3.05) is 31.5 Å². The lowest BCUT2D eigenvalue weighted by molar-refractivity contribution is 0.345. The van der Waals surface area contributed by atoms with Crippen molar-refractivity contribution < 1.29 is 0 Å². The van der Waals surface area contributed by atoms with Crippen LogP contribution in [0, 0.1) is 5.92 Å². The van der Waals surface area contributed by atoms with Gasteiger partial charge >= 0.3 is 0 Å². The number of aromatic nitrogens is 5. The molecule has 3 heterocycles. The van der Waals surface area contributed by atoms with E-state index in [9.17, 15) is 0 Å². The fraction of sp³-hybridized carbons (Fsp3) is 0.538. The van der Waals surface area contributed by atoms with Crippen LogP contribution in [0.15, 0.2) is 18.5 Å². The molecule has 1 unspecified atom stereocenters. The third kappa shape index (κ3) is 3.48. The Bertz CT molecular complexity index is 586. The van der Waals surface area contributed by atoms with Gasteiger partial charge in [-0.3, -0.25) is 0 Å². The number of nitrogens with one attached hydrogen (secondary N) is 1. The second-order valence-electron chi connectivity index (χ2n) is 5.11. The van der Waals surface area contributed by atoms with Crippen LogP contribution in [0.2, 0.25) is 5.28 Å². The topological polar surface area (TPSA) is 71.8 Å². The minimum Gasteiger partial charge on any atom is -0.354 e. The van der Waals surface area contributed by atoms with Crippen LogP contribution >= 0.6 is 11.6 Å². The van der Waals surface area contributed by atoms with E-state index >= 15 is 0 Å². The second-order valence-corrected chi connectivity index (χ2v) is 5.45. The lowest BCUT2D eigenvalue weighted by atomic mass is 10.1. The number of rotatable bonds is 5. The first kappa shape index (κ1) is 14.2. The van der Waals surface area contributed by atoms with E-state index in [1.165, 1.54) is 13.0 Å². The van der Waals surface area contributed by atoms with E-state index < -0.39 is 0 Å². The van der Waals surface area contributed by atoms with E-state index in [0.29, 0.717) is 17.8 Å². The maximum absolute atomic E-state index is 5.96. The van der Waals surface area contributed by atoms with E-state index in [2.05, 4.69) is 37.2 Å². The van der Waals surface area contributed by atoms with Gasteiger partial charge in [0.05, 0.1) is 0 Å². The van der Waals surface area contributed by atoms with Gasteiger partial charge in [-0.05, 0) is 43.1 Å². The highest BCUT2D eigenvalue weighted by Gasteiger charge is 2.21. The second kappa shape index (κ2) is 6.36. The molecule has 1 saturated heterocycles. The Kier molecular flexibility index (Phi) is 4.31. The van der Waals surface area contributed by atoms with Gasteiger partial charge in [-0.15, -0.1) is 0 Å². The monoisotopic (exact) mass is 307 g/mol. The lowest BCUT2D eigenvalue weighted by Crippen LogP contribution is -2.23. The zero-order valence-electron chi connectivity index (χ0n) is 11.9. The minimum atomic E-state index is 0.166. The number of halogens is 1. The number of likely N-dealkylation sites (tertiary alicyclic amines) is 1. The molecule has 8 heteroatoms. The average molecular weight is 308 g/mol. The first-order valence-electron chi connectivity index (χ1n) is 7.12. The molecule has 0 aromatic carbocycles. The molecule has 1 fully saturated rings. The Hall–Kier alpha value is -1.73. The van der Waals surface area contributed by atoms with E-state index in [-0.39, 0.29) is 5.28 Å². The summed E-state index contributed by atoms with van der Waals surface area (Å²) in [6, 6.07) is 1.81. The summed E-state index contributed by atoms with van der Waals surface area (Å²) in [6.07, 6.45) is 4.64. The summed E-state index contributed by atoms with van der Waals surface area (Å²) in [7, 11) is 0. The zero-order chi connectivity index (χ0) is 14.7. The summed E-state index contributed by atoms with van der Waals surface area (Å²) in [6.45, 7) is 6.43. The van der Waals surface area contributed by atoms with Crippen molar-refractivity contribution in [3.63, 3.8) is 0 Å². The van der Waals surface area contributed by atoms with Crippen LogP contribution < -0.4 is 5.32 Å².